The zero-order valence-corrected chi connectivity index (χ0v) is 14.8. The largest absolute Gasteiger partial charge is 0.481 e. The number of hydrogen-bond acceptors (Lipinski definition) is 3. The van der Waals surface area contributed by atoms with Gasteiger partial charge in [-0.25, -0.2) is 0 Å². The maximum absolute atomic E-state index is 12.2. The van der Waals surface area contributed by atoms with Crippen LogP contribution >= 0.6 is 24.0 Å². The number of piperidine rings is 1. The van der Waals surface area contributed by atoms with E-state index < -0.39 is 6.10 Å². The molecular formula is C16H24Cl2N2O2. The number of rotatable bonds is 4. The fraction of sp³-hybridized carbons (Fsp3) is 0.562. The standard InChI is InChI=1S/C16H23ClN2O2.ClH/c1-10-8-14(4-5-15(10)17)21-12(3)16(20)19-13-6-7-18-11(2)9-13;/h4-5,8,11-13,18H,6-7,9H2,1-3H3,(H,19,20);1H. The van der Waals surface area contributed by atoms with E-state index in [1.165, 1.54) is 0 Å². The second-order valence-corrected chi connectivity index (χ2v) is 6.16. The normalized spacial score (nSPS) is 22.4. The van der Waals surface area contributed by atoms with Crippen molar-refractivity contribution < 1.29 is 9.53 Å². The smallest absolute Gasteiger partial charge is 0.260 e. The van der Waals surface area contributed by atoms with Crippen molar-refractivity contribution in [3.63, 3.8) is 0 Å². The lowest BCUT2D eigenvalue weighted by Crippen LogP contribution is -2.49. The number of carbonyl (C=O) groups is 1. The molecule has 1 saturated heterocycles. The van der Waals surface area contributed by atoms with E-state index in [2.05, 4.69) is 17.6 Å². The summed E-state index contributed by atoms with van der Waals surface area (Å²) in [4.78, 5) is 12.2. The maximum atomic E-state index is 12.2. The van der Waals surface area contributed by atoms with Gasteiger partial charge in [-0.3, -0.25) is 4.79 Å². The summed E-state index contributed by atoms with van der Waals surface area (Å²) in [5, 5.41) is 7.13. The number of aryl methyl sites for hydroxylation is 1. The van der Waals surface area contributed by atoms with E-state index in [0.29, 0.717) is 16.8 Å². The van der Waals surface area contributed by atoms with Crippen molar-refractivity contribution in [3.8, 4) is 5.75 Å². The maximum Gasteiger partial charge on any atom is 0.260 e. The van der Waals surface area contributed by atoms with Crippen LogP contribution in [0.5, 0.6) is 5.75 Å². The first-order valence-corrected chi connectivity index (χ1v) is 7.80. The number of carbonyl (C=O) groups excluding carboxylic acids is 1. The molecule has 1 fully saturated rings. The van der Waals surface area contributed by atoms with Gasteiger partial charge >= 0.3 is 0 Å². The zero-order valence-electron chi connectivity index (χ0n) is 13.2. The van der Waals surface area contributed by atoms with Crippen molar-refractivity contribution >= 4 is 29.9 Å². The van der Waals surface area contributed by atoms with Gasteiger partial charge in [0.15, 0.2) is 6.10 Å². The van der Waals surface area contributed by atoms with Crippen molar-refractivity contribution in [2.45, 2.75) is 51.8 Å². The molecular weight excluding hydrogens is 323 g/mol. The Morgan fingerprint density at radius 2 is 2.23 bits per heavy atom. The summed E-state index contributed by atoms with van der Waals surface area (Å²) in [5.74, 6) is 0.597. The molecule has 1 aromatic rings. The van der Waals surface area contributed by atoms with Crippen molar-refractivity contribution in [2.75, 3.05) is 6.54 Å². The van der Waals surface area contributed by atoms with Crippen LogP contribution < -0.4 is 15.4 Å². The van der Waals surface area contributed by atoms with Gasteiger partial charge in [0, 0.05) is 17.1 Å². The van der Waals surface area contributed by atoms with E-state index in [1.807, 2.05) is 13.0 Å². The second-order valence-electron chi connectivity index (χ2n) is 5.76. The number of benzene rings is 1. The van der Waals surface area contributed by atoms with E-state index in [9.17, 15) is 4.79 Å². The lowest BCUT2D eigenvalue weighted by atomic mass is 10.0. The molecule has 0 bridgehead atoms. The highest BCUT2D eigenvalue weighted by Gasteiger charge is 2.23. The zero-order chi connectivity index (χ0) is 15.4. The molecule has 0 aliphatic carbocycles. The van der Waals surface area contributed by atoms with Crippen molar-refractivity contribution in [3.05, 3.63) is 28.8 Å². The third kappa shape index (κ3) is 5.34. The highest BCUT2D eigenvalue weighted by Crippen LogP contribution is 2.22. The fourth-order valence-electron chi connectivity index (χ4n) is 2.53. The van der Waals surface area contributed by atoms with E-state index in [1.54, 1.807) is 19.1 Å². The molecule has 0 aromatic heterocycles. The molecule has 22 heavy (non-hydrogen) atoms. The van der Waals surface area contributed by atoms with Crippen LogP contribution in [0.25, 0.3) is 0 Å². The van der Waals surface area contributed by atoms with Crippen LogP contribution in [0.4, 0.5) is 0 Å². The monoisotopic (exact) mass is 346 g/mol. The van der Waals surface area contributed by atoms with Gasteiger partial charge in [0.05, 0.1) is 0 Å². The van der Waals surface area contributed by atoms with E-state index >= 15 is 0 Å². The number of halogens is 2. The predicted molar refractivity (Wildman–Crippen MR) is 92.2 cm³/mol. The Bertz CT molecular complexity index is 511. The summed E-state index contributed by atoms with van der Waals surface area (Å²) in [6.45, 7) is 6.76. The molecule has 1 aromatic carbocycles. The molecule has 1 heterocycles. The summed E-state index contributed by atoms with van der Waals surface area (Å²) in [7, 11) is 0. The average molecular weight is 347 g/mol. The third-order valence-corrected chi connectivity index (χ3v) is 4.21. The molecule has 0 saturated carbocycles. The Morgan fingerprint density at radius 1 is 1.50 bits per heavy atom. The van der Waals surface area contributed by atoms with Crippen LogP contribution in [0.15, 0.2) is 18.2 Å². The Balaban J connectivity index is 0.00000242. The third-order valence-electron chi connectivity index (χ3n) is 3.78. The van der Waals surface area contributed by atoms with Crippen LogP contribution in [0.3, 0.4) is 0 Å². The summed E-state index contributed by atoms with van der Waals surface area (Å²) in [5.41, 5.74) is 0.939. The van der Waals surface area contributed by atoms with Gasteiger partial charge in [-0.15, -0.1) is 12.4 Å². The first-order chi connectivity index (χ1) is 9.95. The topological polar surface area (TPSA) is 50.4 Å². The SMILES string of the molecule is Cc1cc(OC(C)C(=O)NC2CCNC(C)C2)ccc1Cl.Cl. The molecule has 6 heteroatoms. The Kier molecular flexibility index (Phi) is 7.46. The lowest BCUT2D eigenvalue weighted by molar-refractivity contribution is -0.128. The van der Waals surface area contributed by atoms with Crippen LogP contribution in [0, 0.1) is 6.92 Å². The van der Waals surface area contributed by atoms with Gasteiger partial charge in [-0.2, -0.15) is 0 Å². The molecule has 1 aliphatic rings. The van der Waals surface area contributed by atoms with Crippen molar-refractivity contribution in [2.24, 2.45) is 0 Å². The van der Waals surface area contributed by atoms with Crippen LogP contribution in [-0.2, 0) is 4.79 Å². The number of ether oxygens (including phenoxy) is 1. The Hall–Kier alpha value is -0.970. The highest BCUT2D eigenvalue weighted by atomic mass is 35.5. The molecule has 0 radical (unpaired) electrons. The van der Waals surface area contributed by atoms with Gasteiger partial charge in [-0.1, -0.05) is 11.6 Å². The number of nitrogens with one attached hydrogen (secondary N) is 2. The fourth-order valence-corrected chi connectivity index (χ4v) is 2.65. The van der Waals surface area contributed by atoms with E-state index in [0.717, 1.165) is 24.9 Å². The lowest BCUT2D eigenvalue weighted by Gasteiger charge is -2.29. The van der Waals surface area contributed by atoms with Gasteiger partial charge in [-0.05, 0) is 63.9 Å². The van der Waals surface area contributed by atoms with Gasteiger partial charge in [0.1, 0.15) is 5.75 Å². The quantitative estimate of drug-likeness (QED) is 0.880. The number of amides is 1. The second kappa shape index (κ2) is 8.61. The summed E-state index contributed by atoms with van der Waals surface area (Å²) >= 11 is 5.98. The molecule has 2 N–H and O–H groups in total. The minimum Gasteiger partial charge on any atom is -0.481 e. The minimum atomic E-state index is -0.518. The Morgan fingerprint density at radius 3 is 2.86 bits per heavy atom. The van der Waals surface area contributed by atoms with Gasteiger partial charge in [0.25, 0.3) is 5.91 Å². The average Bonchev–Trinajstić information content (AvgIpc) is 2.43. The molecule has 124 valence electrons. The summed E-state index contributed by atoms with van der Waals surface area (Å²) in [6, 6.07) is 6.08. The molecule has 2 rings (SSSR count). The predicted octanol–water partition coefficient (Wildman–Crippen LogP) is 3.09. The first-order valence-electron chi connectivity index (χ1n) is 7.42. The van der Waals surface area contributed by atoms with Gasteiger partial charge in [0.2, 0.25) is 0 Å². The highest BCUT2D eigenvalue weighted by molar-refractivity contribution is 6.31. The summed E-state index contributed by atoms with van der Waals surface area (Å²) in [6.07, 6.45) is 1.40. The van der Waals surface area contributed by atoms with Crippen LogP contribution in [0.1, 0.15) is 32.3 Å². The van der Waals surface area contributed by atoms with Crippen LogP contribution in [0.2, 0.25) is 5.02 Å². The van der Waals surface area contributed by atoms with E-state index in [4.69, 9.17) is 16.3 Å². The Labute approximate surface area is 143 Å². The first kappa shape index (κ1) is 19.1. The van der Waals surface area contributed by atoms with Crippen molar-refractivity contribution in [1.29, 1.82) is 0 Å². The number of hydrogen-bond donors (Lipinski definition) is 2. The molecule has 0 spiro atoms. The van der Waals surface area contributed by atoms with E-state index in [-0.39, 0.29) is 24.4 Å². The molecule has 3 unspecified atom stereocenters. The van der Waals surface area contributed by atoms with Crippen molar-refractivity contribution in [1.82, 2.24) is 10.6 Å². The molecule has 4 nitrogen and oxygen atoms in total. The molecule has 3 atom stereocenters. The molecule has 1 amide bonds. The van der Waals surface area contributed by atoms with Gasteiger partial charge < -0.3 is 15.4 Å². The molecule has 1 aliphatic heterocycles. The van der Waals surface area contributed by atoms with Crippen LogP contribution in [-0.4, -0.2) is 30.6 Å². The minimum absolute atomic E-state index is 0. The summed E-state index contributed by atoms with van der Waals surface area (Å²) < 4.78 is 5.69.